The Morgan fingerprint density at radius 1 is 1.17 bits per heavy atom. The van der Waals surface area contributed by atoms with E-state index in [1.807, 2.05) is 0 Å². The molecule has 0 radical (unpaired) electrons. The van der Waals surface area contributed by atoms with Gasteiger partial charge in [0.2, 0.25) is 9.84 Å². The van der Waals surface area contributed by atoms with Gasteiger partial charge in [0.1, 0.15) is 0 Å². The van der Waals surface area contributed by atoms with Gasteiger partial charge in [-0.2, -0.15) is 0 Å². The fourth-order valence-corrected chi connectivity index (χ4v) is 1.99. The van der Waals surface area contributed by atoms with Gasteiger partial charge in [-0.1, -0.05) is 29.8 Å². The Morgan fingerprint density at radius 3 is 2.25 bits per heavy atom. The van der Waals surface area contributed by atoms with Gasteiger partial charge < -0.3 is 0 Å². The number of hydrogen-bond donors (Lipinski definition) is 0. The summed E-state index contributed by atoms with van der Waals surface area (Å²) in [5.41, 5.74) is 0.988. The molecule has 0 heterocycles. The maximum absolute atomic E-state index is 11.3. The van der Waals surface area contributed by atoms with Crippen LogP contribution < -0.4 is 0 Å². The lowest BCUT2D eigenvalue weighted by atomic mass is 10.4. The Morgan fingerprint density at radius 2 is 1.75 bits per heavy atom. The van der Waals surface area contributed by atoms with Crippen molar-refractivity contribution >= 4 is 21.4 Å². The van der Waals surface area contributed by atoms with Gasteiger partial charge in [-0.05, 0) is 12.1 Å². The minimum atomic E-state index is -3.32. The van der Waals surface area contributed by atoms with Crippen LogP contribution in [0.4, 0.5) is 0 Å². The topological polar surface area (TPSA) is 34.1 Å². The first-order valence-corrected chi connectivity index (χ1v) is 5.22. The van der Waals surface area contributed by atoms with Gasteiger partial charge in [-0.25, -0.2) is 8.42 Å². The zero-order valence-electron chi connectivity index (χ0n) is 6.14. The summed E-state index contributed by atoms with van der Waals surface area (Å²) in [6.07, 6.45) is 0. The molecule has 0 saturated carbocycles. The molecule has 12 heavy (non-hydrogen) atoms. The van der Waals surface area contributed by atoms with Gasteiger partial charge in [-0.3, -0.25) is 0 Å². The lowest BCUT2D eigenvalue weighted by Crippen LogP contribution is -1.94. The van der Waals surface area contributed by atoms with E-state index in [0.29, 0.717) is 0 Å². The monoisotopic (exact) mass is 202 g/mol. The molecule has 0 fully saturated rings. The summed E-state index contributed by atoms with van der Waals surface area (Å²) in [6.45, 7) is 0. The largest absolute Gasteiger partial charge is 0.219 e. The summed E-state index contributed by atoms with van der Waals surface area (Å²) in [7, 11) is -3.32. The first-order valence-electron chi connectivity index (χ1n) is 3.24. The van der Waals surface area contributed by atoms with E-state index in [2.05, 4.69) is 0 Å². The molecule has 1 aromatic carbocycles. The molecule has 0 bridgehead atoms. The summed E-state index contributed by atoms with van der Waals surface area (Å²) < 4.78 is 22.5. The molecule has 0 saturated heterocycles. The summed E-state index contributed by atoms with van der Waals surface area (Å²) in [6, 6.07) is 8.12. The molecule has 1 rings (SSSR count). The highest BCUT2D eigenvalue weighted by molar-refractivity contribution is 7.94. The van der Waals surface area contributed by atoms with Crippen LogP contribution in [0.1, 0.15) is 0 Å². The van der Waals surface area contributed by atoms with Crippen LogP contribution >= 0.6 is 11.6 Å². The van der Waals surface area contributed by atoms with Crippen molar-refractivity contribution in [1.82, 2.24) is 0 Å². The molecule has 0 aliphatic carbocycles. The second kappa shape index (κ2) is 3.74. The predicted octanol–water partition coefficient (Wildman–Crippen LogP) is 2.17. The molecule has 0 aromatic heterocycles. The Bertz CT molecular complexity index is 367. The normalized spacial score (nSPS) is 12.1. The van der Waals surface area contributed by atoms with Crippen LogP contribution in [-0.4, -0.2) is 8.42 Å². The van der Waals surface area contributed by atoms with E-state index in [4.69, 9.17) is 11.6 Å². The van der Waals surface area contributed by atoms with Crippen molar-refractivity contribution in [3.05, 3.63) is 41.3 Å². The van der Waals surface area contributed by atoms with Crippen molar-refractivity contribution in [2.24, 2.45) is 0 Å². The first kappa shape index (κ1) is 9.29. The molecule has 0 aliphatic heterocycles. The molecule has 64 valence electrons. The van der Waals surface area contributed by atoms with E-state index >= 15 is 0 Å². The number of rotatable bonds is 2. The van der Waals surface area contributed by atoms with Crippen molar-refractivity contribution in [3.8, 4) is 0 Å². The Kier molecular flexibility index (Phi) is 2.89. The van der Waals surface area contributed by atoms with E-state index < -0.39 is 9.84 Å². The fourth-order valence-electron chi connectivity index (χ4n) is 0.756. The number of benzene rings is 1. The first-order chi connectivity index (χ1) is 5.67. The summed E-state index contributed by atoms with van der Waals surface area (Å²) >= 11 is 5.18. The predicted molar refractivity (Wildman–Crippen MR) is 48.6 cm³/mol. The van der Waals surface area contributed by atoms with E-state index in [-0.39, 0.29) is 4.90 Å². The second-order valence-corrected chi connectivity index (χ2v) is 4.21. The summed E-state index contributed by atoms with van der Waals surface area (Å²) in [5.74, 6) is 0. The SMILES string of the molecule is O=S(=O)(/C=C\Cl)c1ccccc1. The van der Waals surface area contributed by atoms with Crippen molar-refractivity contribution < 1.29 is 8.42 Å². The minimum absolute atomic E-state index is 0.252. The molecule has 0 unspecified atom stereocenters. The van der Waals surface area contributed by atoms with E-state index in [1.54, 1.807) is 18.2 Å². The van der Waals surface area contributed by atoms with Gasteiger partial charge in [-0.15, -0.1) is 0 Å². The lowest BCUT2D eigenvalue weighted by Gasteiger charge is -1.95. The van der Waals surface area contributed by atoms with Crippen molar-refractivity contribution in [2.75, 3.05) is 0 Å². The van der Waals surface area contributed by atoms with Crippen molar-refractivity contribution in [1.29, 1.82) is 0 Å². The van der Waals surface area contributed by atoms with E-state index in [0.717, 1.165) is 10.9 Å². The molecule has 4 heteroatoms. The zero-order valence-corrected chi connectivity index (χ0v) is 7.72. The van der Waals surface area contributed by atoms with Crippen LogP contribution in [0.25, 0.3) is 0 Å². The van der Waals surface area contributed by atoms with Crippen LogP contribution in [0.2, 0.25) is 0 Å². The van der Waals surface area contributed by atoms with Crippen LogP contribution in [-0.2, 0) is 9.84 Å². The minimum Gasteiger partial charge on any atom is -0.219 e. The van der Waals surface area contributed by atoms with Gasteiger partial charge in [0, 0.05) is 10.9 Å². The second-order valence-electron chi connectivity index (χ2n) is 2.12. The maximum atomic E-state index is 11.3. The summed E-state index contributed by atoms with van der Waals surface area (Å²) in [4.78, 5) is 0.252. The van der Waals surface area contributed by atoms with Crippen molar-refractivity contribution in [2.45, 2.75) is 4.90 Å². The number of sulfone groups is 1. The van der Waals surface area contributed by atoms with Gasteiger partial charge in [0.15, 0.2) is 0 Å². The molecule has 0 amide bonds. The van der Waals surface area contributed by atoms with Gasteiger partial charge in [0.05, 0.1) is 4.90 Å². The molecule has 0 atom stereocenters. The standard InChI is InChI=1S/C8H7ClO2S/c9-6-7-12(10,11)8-4-2-1-3-5-8/h1-7H/b7-6-. The third kappa shape index (κ3) is 2.09. The highest BCUT2D eigenvalue weighted by Crippen LogP contribution is 2.10. The highest BCUT2D eigenvalue weighted by atomic mass is 35.5. The maximum Gasteiger partial charge on any atom is 0.200 e. The van der Waals surface area contributed by atoms with Crippen molar-refractivity contribution in [3.63, 3.8) is 0 Å². The number of hydrogen-bond acceptors (Lipinski definition) is 2. The third-order valence-electron chi connectivity index (χ3n) is 1.30. The van der Waals surface area contributed by atoms with Gasteiger partial charge in [0.25, 0.3) is 0 Å². The van der Waals surface area contributed by atoms with Crippen LogP contribution in [0.5, 0.6) is 0 Å². The number of halogens is 1. The average Bonchev–Trinajstić information content (AvgIpc) is 2.06. The Hall–Kier alpha value is -0.800. The Labute approximate surface area is 76.4 Å². The van der Waals surface area contributed by atoms with Crippen LogP contribution in [0.15, 0.2) is 46.2 Å². The molecule has 0 N–H and O–H groups in total. The van der Waals surface area contributed by atoms with Crippen LogP contribution in [0.3, 0.4) is 0 Å². The fraction of sp³-hybridized carbons (Fsp3) is 0. The molecule has 0 aliphatic rings. The van der Waals surface area contributed by atoms with Gasteiger partial charge >= 0.3 is 0 Å². The average molecular weight is 203 g/mol. The highest BCUT2D eigenvalue weighted by Gasteiger charge is 2.07. The molecule has 2 nitrogen and oxygen atoms in total. The third-order valence-corrected chi connectivity index (χ3v) is 3.00. The van der Waals surface area contributed by atoms with E-state index in [9.17, 15) is 8.42 Å². The summed E-state index contributed by atoms with van der Waals surface area (Å²) in [5, 5.41) is 0.962. The molecule has 0 spiro atoms. The molecular weight excluding hydrogens is 196 g/mol. The molecular formula is C8H7ClO2S. The Balaban J connectivity index is 3.16. The lowest BCUT2D eigenvalue weighted by molar-refractivity contribution is 0.604. The zero-order chi connectivity index (χ0) is 9.03. The van der Waals surface area contributed by atoms with E-state index in [1.165, 1.54) is 12.1 Å². The molecule has 1 aromatic rings. The van der Waals surface area contributed by atoms with Crippen LogP contribution in [0, 0.1) is 0 Å². The smallest absolute Gasteiger partial charge is 0.200 e. The quantitative estimate of drug-likeness (QED) is 0.737.